The second-order valence-electron chi connectivity index (χ2n) is 3.26. The highest BCUT2D eigenvalue weighted by molar-refractivity contribution is 7.98. The van der Waals surface area contributed by atoms with Crippen LogP contribution in [0, 0.1) is 0 Å². The maximum Gasteiger partial charge on any atom is 0.305 e. The minimum absolute atomic E-state index is 0.163. The van der Waals surface area contributed by atoms with E-state index in [-0.39, 0.29) is 12.1 Å². The highest BCUT2D eigenvalue weighted by Gasteiger charge is 2.04. The summed E-state index contributed by atoms with van der Waals surface area (Å²) < 4.78 is 4.52. The van der Waals surface area contributed by atoms with Crippen LogP contribution >= 0.6 is 11.8 Å². The summed E-state index contributed by atoms with van der Waals surface area (Å²) in [6.07, 6.45) is 5.63. The van der Waals surface area contributed by atoms with Crippen molar-refractivity contribution in [2.24, 2.45) is 0 Å². The maximum absolute atomic E-state index is 10.7. The Hall–Kier alpha value is -0.220. The van der Waals surface area contributed by atoms with Crippen LogP contribution in [0.15, 0.2) is 0 Å². The number of hydrogen-bond acceptors (Lipinski definition) is 4. The monoisotopic (exact) mass is 220 g/mol. The van der Waals surface area contributed by atoms with Gasteiger partial charge in [0.05, 0.1) is 13.2 Å². The van der Waals surface area contributed by atoms with Gasteiger partial charge in [0, 0.05) is 6.42 Å². The van der Waals surface area contributed by atoms with Gasteiger partial charge in [0.2, 0.25) is 0 Å². The lowest BCUT2D eigenvalue weighted by molar-refractivity contribution is -0.140. The molecular weight excluding hydrogens is 200 g/mol. The summed E-state index contributed by atoms with van der Waals surface area (Å²) in [6.45, 7) is 0. The van der Waals surface area contributed by atoms with E-state index in [0.717, 1.165) is 31.4 Å². The molecule has 0 aliphatic carbocycles. The van der Waals surface area contributed by atoms with E-state index in [4.69, 9.17) is 0 Å². The topological polar surface area (TPSA) is 46.5 Å². The van der Waals surface area contributed by atoms with E-state index in [9.17, 15) is 9.90 Å². The van der Waals surface area contributed by atoms with Gasteiger partial charge in [0.1, 0.15) is 0 Å². The molecule has 3 nitrogen and oxygen atoms in total. The number of aliphatic hydroxyl groups is 1. The Morgan fingerprint density at radius 2 is 2.14 bits per heavy atom. The first kappa shape index (κ1) is 13.8. The van der Waals surface area contributed by atoms with Gasteiger partial charge in [0.15, 0.2) is 0 Å². The minimum Gasteiger partial charge on any atom is -0.469 e. The molecule has 0 radical (unpaired) electrons. The second-order valence-corrected chi connectivity index (χ2v) is 4.24. The number of ether oxygens (including phenoxy) is 1. The number of rotatable bonds is 8. The van der Waals surface area contributed by atoms with E-state index in [1.165, 1.54) is 7.11 Å². The van der Waals surface area contributed by atoms with Crippen LogP contribution in [0.1, 0.15) is 32.1 Å². The fourth-order valence-corrected chi connectivity index (χ4v) is 1.66. The first-order valence-electron chi connectivity index (χ1n) is 4.94. The van der Waals surface area contributed by atoms with Crippen LogP contribution in [0.3, 0.4) is 0 Å². The Balaban J connectivity index is 3.22. The van der Waals surface area contributed by atoms with Crippen LogP contribution in [0.2, 0.25) is 0 Å². The molecule has 0 amide bonds. The molecule has 1 atom stereocenters. The number of aliphatic hydroxyl groups excluding tert-OH is 1. The molecule has 0 aliphatic heterocycles. The average Bonchev–Trinajstić information content (AvgIpc) is 2.21. The summed E-state index contributed by atoms with van der Waals surface area (Å²) in [5.74, 6) is 0.835. The third-order valence-corrected chi connectivity index (χ3v) is 2.70. The maximum atomic E-state index is 10.7. The molecule has 0 aliphatic rings. The van der Waals surface area contributed by atoms with Crippen LogP contribution in [-0.2, 0) is 9.53 Å². The van der Waals surface area contributed by atoms with Gasteiger partial charge in [-0.1, -0.05) is 6.42 Å². The molecule has 0 aromatic heterocycles. The summed E-state index contributed by atoms with van der Waals surface area (Å²) >= 11 is 1.74. The summed E-state index contributed by atoms with van der Waals surface area (Å²) in [5.41, 5.74) is 0. The van der Waals surface area contributed by atoms with Crippen LogP contribution in [-0.4, -0.2) is 36.3 Å². The normalized spacial score (nSPS) is 12.5. The predicted molar refractivity (Wildman–Crippen MR) is 59.5 cm³/mol. The van der Waals surface area contributed by atoms with Crippen LogP contribution < -0.4 is 0 Å². The Morgan fingerprint density at radius 3 is 2.71 bits per heavy atom. The zero-order valence-corrected chi connectivity index (χ0v) is 9.81. The Kier molecular flexibility index (Phi) is 9.19. The number of thioether (sulfide) groups is 1. The average molecular weight is 220 g/mol. The van der Waals surface area contributed by atoms with Crippen molar-refractivity contribution in [1.82, 2.24) is 0 Å². The van der Waals surface area contributed by atoms with Crippen molar-refractivity contribution >= 4 is 17.7 Å². The van der Waals surface area contributed by atoms with Gasteiger partial charge in [-0.2, -0.15) is 11.8 Å². The van der Waals surface area contributed by atoms with Crippen LogP contribution in [0.4, 0.5) is 0 Å². The molecule has 0 fully saturated rings. The molecule has 0 saturated carbocycles. The van der Waals surface area contributed by atoms with Crippen molar-refractivity contribution in [2.45, 2.75) is 38.2 Å². The van der Waals surface area contributed by atoms with E-state index in [0.29, 0.717) is 6.42 Å². The smallest absolute Gasteiger partial charge is 0.305 e. The fraction of sp³-hybridized carbons (Fsp3) is 0.900. The molecule has 0 aromatic rings. The molecule has 0 bridgehead atoms. The summed E-state index contributed by atoms with van der Waals surface area (Å²) in [4.78, 5) is 10.7. The van der Waals surface area contributed by atoms with Crippen molar-refractivity contribution in [3.8, 4) is 0 Å². The molecular formula is C10H20O3S. The number of esters is 1. The number of hydrogen-bond donors (Lipinski definition) is 1. The van der Waals surface area contributed by atoms with Crippen molar-refractivity contribution in [3.05, 3.63) is 0 Å². The first-order valence-corrected chi connectivity index (χ1v) is 6.34. The number of carbonyl (C=O) groups excluding carboxylic acids is 1. The number of unbranched alkanes of at least 4 members (excludes halogenated alkanes) is 1. The standard InChI is InChI=1S/C10H20O3S/c1-13-10(12)6-4-3-5-9(11)7-8-14-2/h9,11H,3-8H2,1-2H3. The van der Waals surface area contributed by atoms with Crippen molar-refractivity contribution in [3.63, 3.8) is 0 Å². The SMILES string of the molecule is COC(=O)CCCCC(O)CCSC. The van der Waals surface area contributed by atoms with E-state index >= 15 is 0 Å². The lowest BCUT2D eigenvalue weighted by atomic mass is 10.1. The third-order valence-electron chi connectivity index (χ3n) is 2.05. The van der Waals surface area contributed by atoms with Gasteiger partial charge in [0.25, 0.3) is 0 Å². The van der Waals surface area contributed by atoms with Gasteiger partial charge < -0.3 is 9.84 Å². The Labute approximate surface area is 90.2 Å². The zero-order valence-electron chi connectivity index (χ0n) is 8.99. The van der Waals surface area contributed by atoms with Gasteiger partial charge in [-0.15, -0.1) is 0 Å². The van der Waals surface area contributed by atoms with Crippen molar-refractivity contribution < 1.29 is 14.6 Å². The fourth-order valence-electron chi connectivity index (χ4n) is 1.15. The summed E-state index contributed by atoms with van der Waals surface area (Å²) in [5, 5.41) is 9.47. The van der Waals surface area contributed by atoms with Gasteiger partial charge in [-0.3, -0.25) is 4.79 Å². The first-order chi connectivity index (χ1) is 6.70. The molecule has 4 heteroatoms. The zero-order chi connectivity index (χ0) is 10.8. The van der Waals surface area contributed by atoms with Crippen molar-refractivity contribution in [2.75, 3.05) is 19.1 Å². The molecule has 0 saturated heterocycles. The lowest BCUT2D eigenvalue weighted by Crippen LogP contribution is -2.08. The van der Waals surface area contributed by atoms with Gasteiger partial charge in [-0.05, 0) is 31.3 Å². The van der Waals surface area contributed by atoms with E-state index in [2.05, 4.69) is 4.74 Å². The Bertz CT molecular complexity index is 150. The van der Waals surface area contributed by atoms with Gasteiger partial charge in [-0.25, -0.2) is 0 Å². The van der Waals surface area contributed by atoms with Crippen LogP contribution in [0.25, 0.3) is 0 Å². The van der Waals surface area contributed by atoms with E-state index < -0.39 is 0 Å². The Morgan fingerprint density at radius 1 is 1.43 bits per heavy atom. The highest BCUT2D eigenvalue weighted by atomic mass is 32.2. The van der Waals surface area contributed by atoms with E-state index in [1.54, 1.807) is 11.8 Å². The molecule has 0 rings (SSSR count). The molecule has 84 valence electrons. The minimum atomic E-state index is -0.208. The molecule has 1 unspecified atom stereocenters. The molecule has 1 N–H and O–H groups in total. The molecule has 0 aromatic carbocycles. The highest BCUT2D eigenvalue weighted by Crippen LogP contribution is 2.09. The number of methoxy groups -OCH3 is 1. The number of carbonyl (C=O) groups is 1. The van der Waals surface area contributed by atoms with Gasteiger partial charge >= 0.3 is 5.97 Å². The second kappa shape index (κ2) is 9.34. The molecule has 0 spiro atoms. The molecule has 14 heavy (non-hydrogen) atoms. The molecule has 0 heterocycles. The lowest BCUT2D eigenvalue weighted by Gasteiger charge is -2.08. The summed E-state index contributed by atoms with van der Waals surface area (Å²) in [6, 6.07) is 0. The largest absolute Gasteiger partial charge is 0.469 e. The van der Waals surface area contributed by atoms with E-state index in [1.807, 2.05) is 6.26 Å². The quantitative estimate of drug-likeness (QED) is 0.501. The van der Waals surface area contributed by atoms with Crippen molar-refractivity contribution in [1.29, 1.82) is 0 Å². The summed E-state index contributed by atoms with van der Waals surface area (Å²) in [7, 11) is 1.40. The van der Waals surface area contributed by atoms with Crippen LogP contribution in [0.5, 0.6) is 0 Å². The third kappa shape index (κ3) is 8.38. The predicted octanol–water partition coefficient (Wildman–Crippen LogP) is 1.83.